The van der Waals surface area contributed by atoms with Crippen molar-refractivity contribution < 1.29 is 29.0 Å². The lowest BCUT2D eigenvalue weighted by molar-refractivity contribution is -0.152. The van der Waals surface area contributed by atoms with Gasteiger partial charge >= 0.3 is 5.97 Å². The molecule has 0 spiro atoms. The molecule has 0 aliphatic carbocycles. The van der Waals surface area contributed by atoms with Gasteiger partial charge in [-0.15, -0.1) is 0 Å². The molecule has 3 aromatic carbocycles. The first-order valence-corrected chi connectivity index (χ1v) is 11.6. The minimum atomic E-state index is -1.53. The van der Waals surface area contributed by atoms with Crippen molar-refractivity contribution in [2.75, 3.05) is 19.1 Å². The number of phenolic OH excluding ortho intramolecular Hbond substituents is 1. The molecule has 2 aliphatic heterocycles. The Kier molecular flexibility index (Phi) is 5.97. The summed E-state index contributed by atoms with van der Waals surface area (Å²) in [6.45, 7) is 0. The number of nitrogens with zero attached hydrogens (tertiary/aromatic N) is 1. The number of methoxy groups -OCH3 is 2. The first kappa shape index (κ1) is 23.6. The molecule has 2 heterocycles. The smallest absolute Gasteiger partial charge is 0.327 e. The average Bonchev–Trinajstić information content (AvgIpc) is 3.39. The van der Waals surface area contributed by atoms with Gasteiger partial charge < -0.3 is 14.6 Å². The summed E-state index contributed by atoms with van der Waals surface area (Å²) in [5.41, 5.74) is 0.285. The Hall–Kier alpha value is -4.17. The number of anilines is 1. The minimum absolute atomic E-state index is 0.0778. The molecule has 2 aliphatic rings. The fourth-order valence-electron chi connectivity index (χ4n) is 5.57. The van der Waals surface area contributed by atoms with E-state index in [9.17, 15) is 19.5 Å². The van der Waals surface area contributed by atoms with Crippen LogP contribution in [0.2, 0.25) is 0 Å². The molecule has 0 aromatic heterocycles. The number of benzene rings is 3. The fraction of sp³-hybridized carbons (Fsp3) is 0.250. The number of ether oxygens (including phenoxy) is 2. The third kappa shape index (κ3) is 3.61. The normalized spacial score (nSPS) is 25.1. The predicted molar refractivity (Wildman–Crippen MR) is 131 cm³/mol. The standard InChI is InChI=1S/C28H26N2O6/c1-35-21-11-7-6-10-20(21)24-22-23(26(33)30(25(22)32)18-8-4-3-5-9-18)28(29-24,27(34)36-2)16-17-12-14-19(31)15-13-17/h3-15,22-24,29,31H,16H2,1-2H3/t22-,23-,24+,28+/m0/s1. The number of phenols is 1. The van der Waals surface area contributed by atoms with Crippen LogP contribution in [0.1, 0.15) is 17.2 Å². The molecule has 0 bridgehead atoms. The summed E-state index contributed by atoms with van der Waals surface area (Å²) in [5.74, 6) is -2.78. The molecule has 2 N–H and O–H groups in total. The molecule has 8 nitrogen and oxygen atoms in total. The molecule has 5 rings (SSSR count). The number of carbonyl (C=O) groups is 3. The maximum absolute atomic E-state index is 14.0. The van der Waals surface area contributed by atoms with Crippen LogP contribution < -0.4 is 15.0 Å². The Bertz CT molecular complexity index is 1310. The number of rotatable bonds is 6. The van der Waals surface area contributed by atoms with Gasteiger partial charge in [0.15, 0.2) is 0 Å². The quantitative estimate of drug-likeness (QED) is 0.408. The molecule has 2 fully saturated rings. The number of imide groups is 1. The number of fused-ring (bicyclic) bond motifs is 1. The second-order valence-corrected chi connectivity index (χ2v) is 9.02. The van der Waals surface area contributed by atoms with Gasteiger partial charge in [-0.2, -0.15) is 0 Å². The van der Waals surface area contributed by atoms with Crippen LogP contribution in [-0.4, -0.2) is 42.6 Å². The molecule has 0 saturated carbocycles. The van der Waals surface area contributed by atoms with Crippen LogP contribution in [0.15, 0.2) is 78.9 Å². The number of esters is 1. The molecule has 2 saturated heterocycles. The molecule has 3 aromatic rings. The maximum atomic E-state index is 14.0. The van der Waals surface area contributed by atoms with E-state index < -0.39 is 41.2 Å². The van der Waals surface area contributed by atoms with E-state index in [1.165, 1.54) is 31.3 Å². The lowest BCUT2D eigenvalue weighted by Crippen LogP contribution is -2.57. The molecule has 0 radical (unpaired) electrons. The first-order chi connectivity index (χ1) is 17.4. The lowest BCUT2D eigenvalue weighted by Gasteiger charge is -2.33. The van der Waals surface area contributed by atoms with Crippen molar-refractivity contribution in [3.8, 4) is 11.5 Å². The van der Waals surface area contributed by atoms with E-state index in [-0.39, 0.29) is 12.2 Å². The number of amides is 2. The van der Waals surface area contributed by atoms with Crippen LogP contribution in [-0.2, 0) is 25.5 Å². The predicted octanol–water partition coefficient (Wildman–Crippen LogP) is 3.01. The Balaban J connectivity index is 1.69. The highest BCUT2D eigenvalue weighted by Gasteiger charge is 2.69. The van der Waals surface area contributed by atoms with Crippen molar-refractivity contribution in [2.24, 2.45) is 11.8 Å². The summed E-state index contributed by atoms with van der Waals surface area (Å²) in [6.07, 6.45) is 0.0778. The highest BCUT2D eigenvalue weighted by Crippen LogP contribution is 2.52. The van der Waals surface area contributed by atoms with Crippen molar-refractivity contribution in [3.63, 3.8) is 0 Å². The van der Waals surface area contributed by atoms with E-state index >= 15 is 0 Å². The Morgan fingerprint density at radius 2 is 1.61 bits per heavy atom. The van der Waals surface area contributed by atoms with Gasteiger partial charge in [0.1, 0.15) is 17.0 Å². The third-order valence-corrected chi connectivity index (χ3v) is 7.11. The largest absolute Gasteiger partial charge is 0.508 e. The molecule has 36 heavy (non-hydrogen) atoms. The highest BCUT2D eigenvalue weighted by atomic mass is 16.5. The monoisotopic (exact) mass is 486 g/mol. The molecular formula is C28H26N2O6. The molecule has 8 heteroatoms. The summed E-state index contributed by atoms with van der Waals surface area (Å²) < 4.78 is 10.8. The van der Waals surface area contributed by atoms with E-state index in [4.69, 9.17) is 9.47 Å². The Labute approximate surface area is 208 Å². The summed E-state index contributed by atoms with van der Waals surface area (Å²) in [7, 11) is 2.80. The number of aromatic hydroxyl groups is 1. The second kappa shape index (κ2) is 9.13. The average molecular weight is 487 g/mol. The van der Waals surface area contributed by atoms with Gasteiger partial charge in [0, 0.05) is 18.0 Å². The summed E-state index contributed by atoms with van der Waals surface area (Å²) in [6, 6.07) is 21.7. The maximum Gasteiger partial charge on any atom is 0.327 e. The van der Waals surface area contributed by atoms with Crippen LogP contribution in [0.3, 0.4) is 0 Å². The molecular weight excluding hydrogens is 460 g/mol. The Morgan fingerprint density at radius 1 is 0.944 bits per heavy atom. The van der Waals surface area contributed by atoms with E-state index in [0.717, 1.165) is 0 Å². The van der Waals surface area contributed by atoms with Gasteiger partial charge in [-0.05, 0) is 35.9 Å². The van der Waals surface area contributed by atoms with Gasteiger partial charge in [0.05, 0.1) is 31.7 Å². The number of hydrogen-bond acceptors (Lipinski definition) is 7. The second-order valence-electron chi connectivity index (χ2n) is 9.02. The van der Waals surface area contributed by atoms with E-state index in [2.05, 4.69) is 5.32 Å². The van der Waals surface area contributed by atoms with Crippen molar-refractivity contribution in [1.82, 2.24) is 5.32 Å². The first-order valence-electron chi connectivity index (χ1n) is 11.6. The zero-order valence-electron chi connectivity index (χ0n) is 19.9. The third-order valence-electron chi connectivity index (χ3n) is 7.11. The number of hydrogen-bond donors (Lipinski definition) is 2. The zero-order chi connectivity index (χ0) is 25.4. The highest BCUT2D eigenvalue weighted by molar-refractivity contribution is 6.24. The van der Waals surface area contributed by atoms with Crippen molar-refractivity contribution in [2.45, 2.75) is 18.0 Å². The van der Waals surface area contributed by atoms with Gasteiger partial charge in [-0.3, -0.25) is 19.7 Å². The molecule has 0 unspecified atom stereocenters. The SMILES string of the molecule is COC(=O)[C@]1(Cc2ccc(O)cc2)N[C@H](c2ccccc2OC)[C@H]2C(=O)N(c3ccccc3)C(=O)[C@H]21. The fourth-order valence-corrected chi connectivity index (χ4v) is 5.57. The van der Waals surface area contributed by atoms with Crippen molar-refractivity contribution in [3.05, 3.63) is 90.0 Å². The van der Waals surface area contributed by atoms with Gasteiger partial charge in [0.2, 0.25) is 11.8 Å². The molecule has 4 atom stereocenters. The number of carbonyl (C=O) groups excluding carboxylic acids is 3. The Morgan fingerprint density at radius 3 is 2.28 bits per heavy atom. The van der Waals surface area contributed by atoms with Crippen LogP contribution in [0.5, 0.6) is 11.5 Å². The molecule has 2 amide bonds. The summed E-state index contributed by atoms with van der Waals surface area (Å²) >= 11 is 0. The number of para-hydroxylation sites is 2. The lowest BCUT2D eigenvalue weighted by atomic mass is 9.76. The van der Waals surface area contributed by atoms with Crippen molar-refractivity contribution in [1.29, 1.82) is 0 Å². The van der Waals surface area contributed by atoms with E-state index in [1.807, 2.05) is 18.2 Å². The van der Waals surface area contributed by atoms with Crippen LogP contribution in [0.4, 0.5) is 5.69 Å². The summed E-state index contributed by atoms with van der Waals surface area (Å²) in [5, 5.41) is 13.1. The number of nitrogens with one attached hydrogen (secondary N) is 1. The minimum Gasteiger partial charge on any atom is -0.508 e. The van der Waals surface area contributed by atoms with Crippen LogP contribution >= 0.6 is 0 Å². The molecule has 184 valence electrons. The van der Waals surface area contributed by atoms with Gasteiger partial charge in [-0.25, -0.2) is 4.90 Å². The summed E-state index contributed by atoms with van der Waals surface area (Å²) in [4.78, 5) is 42.6. The van der Waals surface area contributed by atoms with Crippen molar-refractivity contribution >= 4 is 23.5 Å². The van der Waals surface area contributed by atoms with E-state index in [1.54, 1.807) is 48.5 Å². The van der Waals surface area contributed by atoms with Gasteiger partial charge in [0.25, 0.3) is 0 Å². The van der Waals surface area contributed by atoms with Crippen LogP contribution in [0.25, 0.3) is 0 Å². The topological polar surface area (TPSA) is 105 Å². The zero-order valence-corrected chi connectivity index (χ0v) is 19.9. The van der Waals surface area contributed by atoms with Crippen LogP contribution in [0, 0.1) is 11.8 Å². The van der Waals surface area contributed by atoms with E-state index in [0.29, 0.717) is 22.6 Å². The van der Waals surface area contributed by atoms with Gasteiger partial charge in [-0.1, -0.05) is 48.5 Å².